The van der Waals surface area contributed by atoms with Gasteiger partial charge >= 0.3 is 0 Å². The molecule has 0 atom stereocenters. The number of pyridine rings is 1. The zero-order valence-electron chi connectivity index (χ0n) is 9.26. The molecule has 0 spiro atoms. The van der Waals surface area contributed by atoms with Crippen molar-refractivity contribution >= 4 is 16.6 Å². The molecule has 90 valence electrons. The highest BCUT2D eigenvalue weighted by molar-refractivity contribution is 5.87. The van der Waals surface area contributed by atoms with E-state index in [-0.39, 0.29) is 22.4 Å². The predicted molar refractivity (Wildman–Crippen MR) is 62.5 cm³/mol. The second-order valence-corrected chi connectivity index (χ2v) is 3.47. The van der Waals surface area contributed by atoms with Crippen LogP contribution in [0.3, 0.4) is 0 Å². The summed E-state index contributed by atoms with van der Waals surface area (Å²) in [6, 6.07) is 4.05. The van der Waals surface area contributed by atoms with Gasteiger partial charge in [-0.05, 0) is 0 Å². The highest BCUT2D eigenvalue weighted by atomic mass is 16.6. The Morgan fingerprint density at radius 2 is 2.22 bits per heavy atom. The van der Waals surface area contributed by atoms with Gasteiger partial charge in [-0.15, -0.1) is 0 Å². The molecule has 0 aliphatic rings. The number of ether oxygens (including phenoxy) is 1. The van der Waals surface area contributed by atoms with E-state index in [1.165, 1.54) is 19.4 Å². The Morgan fingerprint density at radius 3 is 2.78 bits per heavy atom. The van der Waals surface area contributed by atoms with Crippen molar-refractivity contribution in [3.63, 3.8) is 0 Å². The molecule has 0 radical (unpaired) electrons. The lowest BCUT2D eigenvalue weighted by atomic mass is 10.1. The molecule has 7 nitrogen and oxygen atoms in total. The zero-order chi connectivity index (χ0) is 13.3. The van der Waals surface area contributed by atoms with E-state index in [4.69, 9.17) is 10.00 Å². The van der Waals surface area contributed by atoms with Crippen molar-refractivity contribution in [1.82, 2.24) is 4.98 Å². The van der Waals surface area contributed by atoms with Crippen LogP contribution in [0.5, 0.6) is 5.75 Å². The predicted octanol–water partition coefficient (Wildman–Crippen LogP) is 1.32. The van der Waals surface area contributed by atoms with Crippen molar-refractivity contribution < 1.29 is 9.66 Å². The summed E-state index contributed by atoms with van der Waals surface area (Å²) in [6.45, 7) is 0. The van der Waals surface area contributed by atoms with Gasteiger partial charge in [-0.1, -0.05) is 0 Å². The maximum atomic E-state index is 11.9. The first-order valence-corrected chi connectivity index (χ1v) is 4.86. The molecular weight excluding hydrogens is 238 g/mol. The molecular formula is C11H7N3O4. The lowest BCUT2D eigenvalue weighted by Gasteiger charge is -2.05. The van der Waals surface area contributed by atoms with Crippen molar-refractivity contribution in [2.75, 3.05) is 7.11 Å². The molecule has 0 aliphatic heterocycles. The summed E-state index contributed by atoms with van der Waals surface area (Å²) in [5, 5.41) is 19.6. The van der Waals surface area contributed by atoms with Gasteiger partial charge in [0, 0.05) is 12.3 Å². The summed E-state index contributed by atoms with van der Waals surface area (Å²) < 4.78 is 4.99. The number of non-ortho nitro benzene ring substituents is 1. The van der Waals surface area contributed by atoms with Gasteiger partial charge in [0.2, 0.25) is 5.43 Å². The Kier molecular flexibility index (Phi) is 2.69. The van der Waals surface area contributed by atoms with Gasteiger partial charge in [-0.25, -0.2) is 0 Å². The van der Waals surface area contributed by atoms with Gasteiger partial charge in [0.25, 0.3) is 5.69 Å². The van der Waals surface area contributed by atoms with Crippen molar-refractivity contribution in [2.24, 2.45) is 0 Å². The molecule has 1 aromatic carbocycles. The fourth-order valence-corrected chi connectivity index (χ4v) is 1.63. The molecule has 0 amide bonds. The van der Waals surface area contributed by atoms with Crippen molar-refractivity contribution in [2.45, 2.75) is 0 Å². The summed E-state index contributed by atoms with van der Waals surface area (Å²) in [5.41, 5.74) is -0.606. The third-order valence-corrected chi connectivity index (χ3v) is 2.49. The van der Waals surface area contributed by atoms with Crippen molar-refractivity contribution in [1.29, 1.82) is 5.26 Å². The number of aromatic amines is 1. The van der Waals surface area contributed by atoms with Gasteiger partial charge in [-0.2, -0.15) is 5.26 Å². The third-order valence-electron chi connectivity index (χ3n) is 2.49. The Morgan fingerprint density at radius 1 is 1.50 bits per heavy atom. The van der Waals surface area contributed by atoms with E-state index in [0.717, 1.165) is 6.07 Å². The minimum absolute atomic E-state index is 0.0556. The number of methoxy groups -OCH3 is 1. The lowest BCUT2D eigenvalue weighted by Crippen LogP contribution is -2.08. The van der Waals surface area contributed by atoms with Crippen LogP contribution in [0.4, 0.5) is 5.69 Å². The number of nitrogens with one attached hydrogen (secondary N) is 1. The molecule has 2 aromatic rings. The number of nitrogens with zero attached hydrogens (tertiary/aromatic N) is 2. The highest BCUT2D eigenvalue weighted by Gasteiger charge is 2.15. The summed E-state index contributed by atoms with van der Waals surface area (Å²) in [4.78, 5) is 24.7. The SMILES string of the molecule is COc1cc([N+](=O)[O-])cc2c(=O)c(C#N)c[nH]c12. The average Bonchev–Trinajstić information content (AvgIpc) is 2.38. The highest BCUT2D eigenvalue weighted by Crippen LogP contribution is 2.27. The second-order valence-electron chi connectivity index (χ2n) is 3.47. The molecule has 0 saturated carbocycles. The summed E-state index contributed by atoms with van der Waals surface area (Å²) in [6.07, 6.45) is 1.25. The first kappa shape index (κ1) is 11.6. The summed E-state index contributed by atoms with van der Waals surface area (Å²) in [5.74, 6) is 0.181. The average molecular weight is 245 g/mol. The molecule has 1 aromatic heterocycles. The standard InChI is InChI=1S/C11H7N3O4/c1-18-9-3-7(14(16)17)2-8-10(9)13-5-6(4-12)11(8)15/h2-3,5H,1H3,(H,13,15). The number of aromatic nitrogens is 1. The number of rotatable bonds is 2. The van der Waals surface area contributed by atoms with Crippen molar-refractivity contribution in [3.8, 4) is 11.8 Å². The number of fused-ring (bicyclic) bond motifs is 1. The maximum absolute atomic E-state index is 11.9. The van der Waals surface area contributed by atoms with Gasteiger partial charge in [0.05, 0.1) is 29.0 Å². The Labute approximate surface area is 100 Å². The molecule has 1 heterocycles. The summed E-state index contributed by atoms with van der Waals surface area (Å²) in [7, 11) is 1.34. The Bertz CT molecular complexity index is 742. The minimum Gasteiger partial charge on any atom is -0.494 e. The van der Waals surface area contributed by atoms with Crippen LogP contribution in [0.15, 0.2) is 23.1 Å². The van der Waals surface area contributed by atoms with Crippen LogP contribution < -0.4 is 10.2 Å². The normalized spacial score (nSPS) is 10.0. The van der Waals surface area contributed by atoms with Crippen LogP contribution >= 0.6 is 0 Å². The Balaban J connectivity index is 2.94. The lowest BCUT2D eigenvalue weighted by molar-refractivity contribution is -0.384. The van der Waals surface area contributed by atoms with Crippen LogP contribution in [-0.4, -0.2) is 17.0 Å². The second kappa shape index (κ2) is 4.18. The van der Waals surface area contributed by atoms with Crippen LogP contribution in [0.25, 0.3) is 10.9 Å². The van der Waals surface area contributed by atoms with Crippen LogP contribution in [0, 0.1) is 21.4 Å². The third kappa shape index (κ3) is 1.66. The number of benzene rings is 1. The van der Waals surface area contributed by atoms with Crippen LogP contribution in [0.2, 0.25) is 0 Å². The van der Waals surface area contributed by atoms with Gasteiger partial charge in [-0.3, -0.25) is 14.9 Å². The first-order chi connectivity index (χ1) is 8.58. The molecule has 0 unspecified atom stereocenters. The minimum atomic E-state index is -0.625. The van der Waals surface area contributed by atoms with Crippen LogP contribution in [-0.2, 0) is 0 Å². The van der Waals surface area contributed by atoms with E-state index in [0.29, 0.717) is 5.52 Å². The molecule has 7 heteroatoms. The number of hydrogen-bond acceptors (Lipinski definition) is 5. The van der Waals surface area contributed by atoms with Gasteiger partial charge < -0.3 is 9.72 Å². The zero-order valence-corrected chi connectivity index (χ0v) is 9.26. The van der Waals surface area contributed by atoms with E-state index in [1.807, 2.05) is 0 Å². The number of H-pyrrole nitrogens is 1. The first-order valence-electron chi connectivity index (χ1n) is 4.86. The van der Waals surface area contributed by atoms with E-state index >= 15 is 0 Å². The van der Waals surface area contributed by atoms with Crippen molar-refractivity contribution in [3.05, 3.63) is 44.2 Å². The number of nitro groups is 1. The topological polar surface area (TPSA) is 109 Å². The molecule has 1 N–H and O–H groups in total. The molecule has 18 heavy (non-hydrogen) atoms. The van der Waals surface area contributed by atoms with E-state index in [2.05, 4.69) is 4.98 Å². The molecule has 0 aliphatic carbocycles. The molecule has 2 rings (SSSR count). The largest absolute Gasteiger partial charge is 0.494 e. The van der Waals surface area contributed by atoms with Gasteiger partial charge in [0.1, 0.15) is 17.4 Å². The maximum Gasteiger partial charge on any atom is 0.274 e. The number of nitro benzene ring substituents is 1. The van der Waals surface area contributed by atoms with E-state index < -0.39 is 10.4 Å². The van der Waals surface area contributed by atoms with E-state index in [1.54, 1.807) is 6.07 Å². The number of hydrogen-bond donors (Lipinski definition) is 1. The van der Waals surface area contributed by atoms with Gasteiger partial charge in [0.15, 0.2) is 0 Å². The monoisotopic (exact) mass is 245 g/mol. The van der Waals surface area contributed by atoms with Crippen LogP contribution in [0.1, 0.15) is 5.56 Å². The fraction of sp³-hybridized carbons (Fsp3) is 0.0909. The molecule has 0 saturated heterocycles. The molecule has 0 fully saturated rings. The fourth-order valence-electron chi connectivity index (χ4n) is 1.63. The molecule has 0 bridgehead atoms. The quantitative estimate of drug-likeness (QED) is 0.633. The summed E-state index contributed by atoms with van der Waals surface area (Å²) >= 11 is 0. The number of nitriles is 1. The van der Waals surface area contributed by atoms with E-state index in [9.17, 15) is 14.9 Å². The Hall–Kier alpha value is -2.88. The smallest absolute Gasteiger partial charge is 0.274 e.